The van der Waals surface area contributed by atoms with Crippen LogP contribution in [0.3, 0.4) is 0 Å². The Hall–Kier alpha value is -2.06. The van der Waals surface area contributed by atoms with Crippen LogP contribution < -0.4 is 0 Å². The molecule has 0 aliphatic heterocycles. The minimum Gasteiger partial charge on any atom is -0.457 e. The summed E-state index contributed by atoms with van der Waals surface area (Å²) in [6.45, 7) is 5.49. The highest BCUT2D eigenvalue weighted by molar-refractivity contribution is 7.47. The van der Waals surface area contributed by atoms with Gasteiger partial charge in [-0.05, 0) is 83.5 Å². The number of allylic oxidation sites excluding steroid dienone is 12. The summed E-state index contributed by atoms with van der Waals surface area (Å²) in [6, 6.07) is 0. The monoisotopic (exact) mass is 961 g/mol. The summed E-state index contributed by atoms with van der Waals surface area (Å²) < 4.78 is 35.2. The number of nitrogens with zero attached hydrogens (tertiary/aromatic N) is 1. The molecular formula is C58H107NO7P+. The number of hydrogen-bond acceptors (Lipinski definition) is 6. The Morgan fingerprint density at radius 1 is 0.478 bits per heavy atom. The molecule has 0 bridgehead atoms. The number of carbonyl (C=O) groups is 1. The Morgan fingerprint density at radius 2 is 0.866 bits per heavy atom. The van der Waals surface area contributed by atoms with Gasteiger partial charge in [0, 0.05) is 13.0 Å². The average molecular weight is 961 g/mol. The molecular weight excluding hydrogens is 854 g/mol. The fourth-order valence-corrected chi connectivity index (χ4v) is 8.26. The molecule has 0 fully saturated rings. The fourth-order valence-electron chi connectivity index (χ4n) is 7.52. The number of carbonyl (C=O) groups excluding carboxylic acids is 1. The Kier molecular flexibility index (Phi) is 48.8. The molecule has 9 heteroatoms. The number of hydrogen-bond donors (Lipinski definition) is 1. The second-order valence-electron chi connectivity index (χ2n) is 19.6. The molecule has 0 aromatic carbocycles. The van der Waals surface area contributed by atoms with Crippen LogP contribution in [0.5, 0.6) is 0 Å². The molecule has 0 saturated carbocycles. The Bertz CT molecular complexity index is 1300. The number of phosphoric ester groups is 1. The van der Waals surface area contributed by atoms with Crippen molar-refractivity contribution < 1.29 is 37.3 Å². The molecule has 67 heavy (non-hydrogen) atoms. The lowest BCUT2D eigenvalue weighted by Gasteiger charge is -2.24. The van der Waals surface area contributed by atoms with Crippen molar-refractivity contribution in [3.8, 4) is 0 Å². The van der Waals surface area contributed by atoms with Crippen molar-refractivity contribution in [3.05, 3.63) is 72.9 Å². The average Bonchev–Trinajstić information content (AvgIpc) is 3.29. The summed E-state index contributed by atoms with van der Waals surface area (Å²) in [5.74, 6) is -0.319. The minimum absolute atomic E-state index is 0.0834. The van der Waals surface area contributed by atoms with E-state index < -0.39 is 13.9 Å². The summed E-state index contributed by atoms with van der Waals surface area (Å²) in [4.78, 5) is 23.1. The van der Waals surface area contributed by atoms with E-state index in [1.807, 2.05) is 21.1 Å². The maximum absolute atomic E-state index is 12.8. The summed E-state index contributed by atoms with van der Waals surface area (Å²) in [7, 11) is 1.66. The van der Waals surface area contributed by atoms with Gasteiger partial charge in [-0.15, -0.1) is 0 Å². The van der Waals surface area contributed by atoms with Crippen molar-refractivity contribution in [3.63, 3.8) is 0 Å². The van der Waals surface area contributed by atoms with Crippen LogP contribution in [-0.4, -0.2) is 75.6 Å². The van der Waals surface area contributed by atoms with Crippen LogP contribution in [-0.2, 0) is 27.9 Å². The SMILES string of the molecule is CC/C=C\C/C=C\C/C=C\C/C=C\CCCCCCCCCOCC(COP(=O)(O)OCC[N+](C)(C)C)OC(=O)CCCCCCCCCCCCCCC/C=C\C/C=C\CCCCCCC. The van der Waals surface area contributed by atoms with Crippen LogP contribution in [0.2, 0.25) is 0 Å². The fraction of sp³-hybridized carbons (Fsp3) is 0.776. The van der Waals surface area contributed by atoms with E-state index in [9.17, 15) is 14.3 Å². The van der Waals surface area contributed by atoms with E-state index in [0.29, 0.717) is 24.1 Å². The van der Waals surface area contributed by atoms with Crippen molar-refractivity contribution in [2.45, 2.75) is 238 Å². The molecule has 390 valence electrons. The molecule has 0 heterocycles. The van der Waals surface area contributed by atoms with Crippen molar-refractivity contribution >= 4 is 13.8 Å². The number of likely N-dealkylation sites (N-methyl/N-ethyl adjacent to an activating group) is 1. The van der Waals surface area contributed by atoms with Crippen LogP contribution in [0.1, 0.15) is 232 Å². The van der Waals surface area contributed by atoms with Crippen LogP contribution >= 0.6 is 7.82 Å². The molecule has 0 rings (SSSR count). The van der Waals surface area contributed by atoms with E-state index in [0.717, 1.165) is 70.6 Å². The maximum Gasteiger partial charge on any atom is 0.472 e. The van der Waals surface area contributed by atoms with Gasteiger partial charge in [0.2, 0.25) is 0 Å². The molecule has 8 nitrogen and oxygen atoms in total. The molecule has 0 aliphatic rings. The Labute approximate surface area is 414 Å². The molecule has 0 saturated heterocycles. The van der Waals surface area contributed by atoms with Gasteiger partial charge >= 0.3 is 13.8 Å². The van der Waals surface area contributed by atoms with E-state index >= 15 is 0 Å². The summed E-state index contributed by atoms with van der Waals surface area (Å²) in [5, 5.41) is 0. The van der Waals surface area contributed by atoms with Crippen LogP contribution in [0, 0.1) is 0 Å². The lowest BCUT2D eigenvalue weighted by atomic mass is 10.0. The van der Waals surface area contributed by atoms with Gasteiger partial charge in [-0.1, -0.05) is 215 Å². The zero-order valence-electron chi connectivity index (χ0n) is 44.4. The van der Waals surface area contributed by atoms with Crippen molar-refractivity contribution in [2.75, 3.05) is 54.1 Å². The highest BCUT2D eigenvalue weighted by Crippen LogP contribution is 2.43. The van der Waals surface area contributed by atoms with Gasteiger partial charge < -0.3 is 18.9 Å². The molecule has 0 aliphatic carbocycles. The second-order valence-corrected chi connectivity index (χ2v) is 21.0. The molecule has 0 amide bonds. The minimum atomic E-state index is -4.29. The highest BCUT2D eigenvalue weighted by atomic mass is 31.2. The molecule has 0 radical (unpaired) electrons. The van der Waals surface area contributed by atoms with Gasteiger partial charge in [0.25, 0.3) is 0 Å². The van der Waals surface area contributed by atoms with Gasteiger partial charge in [0.05, 0.1) is 34.4 Å². The third kappa shape index (κ3) is 54.7. The first kappa shape index (κ1) is 64.9. The van der Waals surface area contributed by atoms with E-state index in [2.05, 4.69) is 86.8 Å². The van der Waals surface area contributed by atoms with Gasteiger partial charge in [0.1, 0.15) is 19.3 Å². The molecule has 2 unspecified atom stereocenters. The van der Waals surface area contributed by atoms with E-state index in [1.165, 1.54) is 141 Å². The first-order chi connectivity index (χ1) is 32.6. The second kappa shape index (κ2) is 50.3. The topological polar surface area (TPSA) is 91.3 Å². The molecule has 2 atom stereocenters. The summed E-state index contributed by atoms with van der Waals surface area (Å²) in [6.07, 6.45) is 66.7. The molecule has 0 spiro atoms. The van der Waals surface area contributed by atoms with Crippen LogP contribution in [0.4, 0.5) is 0 Å². The first-order valence-corrected chi connectivity index (χ1v) is 29.2. The molecule has 1 N–H and O–H groups in total. The Balaban J connectivity index is 4.11. The smallest absolute Gasteiger partial charge is 0.457 e. The van der Waals surface area contributed by atoms with Crippen molar-refractivity contribution in [1.82, 2.24) is 0 Å². The third-order valence-electron chi connectivity index (χ3n) is 11.8. The standard InChI is InChI=1S/C58H106NO7P/c1-6-8-10-12-14-16-18-20-22-24-26-28-29-30-31-32-33-35-37-39-41-43-45-47-49-51-58(60)66-57(56-65-67(61,62)64-54-52-59(3,4)5)55-63-53-50-48-46-44-42-40-38-36-34-27-25-23-21-19-17-15-13-11-9-7-2/h9,11,15,17-18,20-21,23-24,26-27,34,57H,6-8,10,12-14,16,19,22,25,28-33,35-56H2,1-5H3/p+1/b11-9-,17-15-,20-18-,23-21-,26-24-,34-27-. The largest absolute Gasteiger partial charge is 0.472 e. The van der Waals surface area contributed by atoms with Gasteiger partial charge in [-0.3, -0.25) is 13.8 Å². The number of unbranched alkanes of at least 4 members (excludes halogenated alkanes) is 25. The first-order valence-electron chi connectivity index (χ1n) is 27.7. The number of phosphoric acid groups is 1. The molecule has 0 aromatic rings. The molecule has 0 aromatic heterocycles. The zero-order valence-corrected chi connectivity index (χ0v) is 45.3. The third-order valence-corrected chi connectivity index (χ3v) is 12.7. The van der Waals surface area contributed by atoms with E-state index in [4.69, 9.17) is 18.5 Å². The number of rotatable bonds is 51. The summed E-state index contributed by atoms with van der Waals surface area (Å²) >= 11 is 0. The number of esters is 1. The van der Waals surface area contributed by atoms with Crippen molar-refractivity contribution in [2.24, 2.45) is 0 Å². The maximum atomic E-state index is 12.8. The lowest BCUT2D eigenvalue weighted by molar-refractivity contribution is -0.870. The predicted molar refractivity (Wildman–Crippen MR) is 288 cm³/mol. The normalized spacial score (nSPS) is 14.1. The van der Waals surface area contributed by atoms with Gasteiger partial charge in [-0.25, -0.2) is 4.57 Å². The quantitative estimate of drug-likeness (QED) is 0.0213. The van der Waals surface area contributed by atoms with Crippen LogP contribution in [0.25, 0.3) is 0 Å². The predicted octanol–water partition coefficient (Wildman–Crippen LogP) is 17.4. The lowest BCUT2D eigenvalue weighted by Crippen LogP contribution is -2.37. The van der Waals surface area contributed by atoms with Gasteiger partial charge in [-0.2, -0.15) is 0 Å². The Morgan fingerprint density at radius 3 is 1.30 bits per heavy atom. The van der Waals surface area contributed by atoms with Crippen molar-refractivity contribution in [1.29, 1.82) is 0 Å². The number of quaternary nitrogens is 1. The number of ether oxygens (including phenoxy) is 2. The summed E-state index contributed by atoms with van der Waals surface area (Å²) in [5.41, 5.74) is 0. The van der Waals surface area contributed by atoms with Gasteiger partial charge in [0.15, 0.2) is 0 Å². The van der Waals surface area contributed by atoms with E-state index in [-0.39, 0.29) is 25.8 Å². The van der Waals surface area contributed by atoms with Crippen LogP contribution in [0.15, 0.2) is 72.9 Å². The van der Waals surface area contributed by atoms with E-state index in [1.54, 1.807) is 0 Å². The highest BCUT2D eigenvalue weighted by Gasteiger charge is 2.26. The zero-order chi connectivity index (χ0) is 49.0.